The highest BCUT2D eigenvalue weighted by molar-refractivity contribution is 6.08. The van der Waals surface area contributed by atoms with Gasteiger partial charge in [0.1, 0.15) is 11.6 Å². The third kappa shape index (κ3) is 4.70. The molecule has 1 aliphatic heterocycles. The van der Waals surface area contributed by atoms with Gasteiger partial charge < -0.3 is 20.7 Å². The minimum Gasteiger partial charge on any atom is -0.507 e. The van der Waals surface area contributed by atoms with E-state index in [-0.39, 0.29) is 16.8 Å². The number of phenolic OH excluding ortho intramolecular Hbond substituents is 1. The fraction of sp³-hybridized carbons (Fsp3) is 0.458. The molecule has 160 valence electrons. The Labute approximate surface area is 179 Å². The van der Waals surface area contributed by atoms with Crippen LogP contribution in [0.3, 0.4) is 0 Å². The number of hydrogen-bond donors (Lipinski definition) is 3. The Morgan fingerprint density at radius 2 is 1.83 bits per heavy atom. The van der Waals surface area contributed by atoms with Crippen molar-refractivity contribution in [3.63, 3.8) is 0 Å². The SMILES string of the molecule is CC=C(C=N)c1ccc(-c2cnc(N(C)C3CC(C)(C)NC(C)(C)C3)cn2)c(O)c1. The van der Waals surface area contributed by atoms with Crippen LogP contribution in [0.4, 0.5) is 5.82 Å². The number of aromatic hydroxyl groups is 1. The molecule has 2 heterocycles. The van der Waals surface area contributed by atoms with Crippen molar-refractivity contribution in [2.75, 3.05) is 11.9 Å². The third-order valence-electron chi connectivity index (χ3n) is 5.79. The van der Waals surface area contributed by atoms with Crippen molar-refractivity contribution >= 4 is 17.6 Å². The van der Waals surface area contributed by atoms with E-state index in [1.165, 1.54) is 6.21 Å². The molecule has 30 heavy (non-hydrogen) atoms. The van der Waals surface area contributed by atoms with Gasteiger partial charge in [-0.3, -0.25) is 4.98 Å². The molecule has 3 rings (SSSR count). The summed E-state index contributed by atoms with van der Waals surface area (Å²) in [6.45, 7) is 10.8. The lowest BCUT2D eigenvalue weighted by atomic mass is 9.79. The molecule has 1 aromatic heterocycles. The smallest absolute Gasteiger partial charge is 0.147 e. The van der Waals surface area contributed by atoms with Crippen LogP contribution in [0.5, 0.6) is 5.75 Å². The van der Waals surface area contributed by atoms with E-state index in [4.69, 9.17) is 5.41 Å². The monoisotopic (exact) mass is 407 g/mol. The summed E-state index contributed by atoms with van der Waals surface area (Å²) in [7, 11) is 2.08. The first kappa shape index (κ1) is 22.0. The van der Waals surface area contributed by atoms with Gasteiger partial charge in [-0.25, -0.2) is 4.98 Å². The summed E-state index contributed by atoms with van der Waals surface area (Å²) in [5.74, 6) is 0.958. The number of allylic oxidation sites excluding steroid dienone is 2. The number of phenols is 1. The van der Waals surface area contributed by atoms with Crippen LogP contribution in [0.15, 0.2) is 36.7 Å². The van der Waals surface area contributed by atoms with Gasteiger partial charge >= 0.3 is 0 Å². The first-order valence-corrected chi connectivity index (χ1v) is 10.4. The molecule has 0 amide bonds. The molecule has 0 saturated carbocycles. The third-order valence-corrected chi connectivity index (χ3v) is 5.79. The maximum absolute atomic E-state index is 10.5. The Hall–Kier alpha value is -2.73. The van der Waals surface area contributed by atoms with Crippen molar-refractivity contribution in [3.05, 3.63) is 42.2 Å². The van der Waals surface area contributed by atoms with E-state index in [0.29, 0.717) is 17.3 Å². The Balaban J connectivity index is 1.82. The Morgan fingerprint density at radius 1 is 1.17 bits per heavy atom. The van der Waals surface area contributed by atoms with Gasteiger partial charge in [0.25, 0.3) is 0 Å². The van der Waals surface area contributed by atoms with E-state index in [9.17, 15) is 5.11 Å². The van der Waals surface area contributed by atoms with Crippen molar-refractivity contribution in [2.45, 2.75) is 64.6 Å². The van der Waals surface area contributed by atoms with Crippen molar-refractivity contribution in [1.29, 1.82) is 5.41 Å². The zero-order valence-corrected chi connectivity index (χ0v) is 18.8. The first-order chi connectivity index (χ1) is 14.0. The molecule has 2 aromatic rings. The van der Waals surface area contributed by atoms with Gasteiger partial charge in [0, 0.05) is 35.9 Å². The molecule has 1 aliphatic rings. The lowest BCUT2D eigenvalue weighted by molar-refractivity contribution is 0.160. The predicted octanol–water partition coefficient (Wildman–Crippen LogP) is 4.65. The quantitative estimate of drug-likeness (QED) is 0.628. The Bertz CT molecular complexity index is 931. The summed E-state index contributed by atoms with van der Waals surface area (Å²) in [5.41, 5.74) is 2.93. The van der Waals surface area contributed by atoms with Gasteiger partial charge in [0.05, 0.1) is 18.1 Å². The first-order valence-electron chi connectivity index (χ1n) is 10.4. The van der Waals surface area contributed by atoms with Gasteiger partial charge in [-0.2, -0.15) is 0 Å². The normalized spacial score (nSPS) is 18.8. The van der Waals surface area contributed by atoms with E-state index < -0.39 is 0 Å². The molecular formula is C24H33N5O. The van der Waals surface area contributed by atoms with Crippen molar-refractivity contribution in [3.8, 4) is 17.0 Å². The van der Waals surface area contributed by atoms with Gasteiger partial charge in [0.15, 0.2) is 0 Å². The number of nitrogens with one attached hydrogen (secondary N) is 2. The summed E-state index contributed by atoms with van der Waals surface area (Å²) in [5, 5.41) is 21.7. The van der Waals surface area contributed by atoms with E-state index in [1.807, 2.05) is 25.1 Å². The molecule has 0 atom stereocenters. The van der Waals surface area contributed by atoms with E-state index in [2.05, 4.69) is 54.9 Å². The number of rotatable bonds is 5. The van der Waals surface area contributed by atoms with Crippen LogP contribution in [0.1, 0.15) is 53.0 Å². The standard InChI is InChI=1S/C24H33N5O/c1-7-16(13-25)17-8-9-19(21(30)10-17)20-14-27-22(15-26-20)29(6)18-11-23(2,3)28-24(4,5)12-18/h7-10,13-15,18,25,28,30H,11-12H2,1-6H3. The zero-order chi connectivity index (χ0) is 22.1. The van der Waals surface area contributed by atoms with Crippen LogP contribution in [-0.4, -0.2) is 45.5 Å². The zero-order valence-electron chi connectivity index (χ0n) is 18.8. The van der Waals surface area contributed by atoms with E-state index in [0.717, 1.165) is 29.8 Å². The summed E-state index contributed by atoms with van der Waals surface area (Å²) >= 11 is 0. The molecule has 1 aromatic carbocycles. The van der Waals surface area contributed by atoms with E-state index in [1.54, 1.807) is 18.5 Å². The van der Waals surface area contributed by atoms with Crippen molar-refractivity contribution in [1.82, 2.24) is 15.3 Å². The Kier molecular flexibility index (Phi) is 5.99. The summed E-state index contributed by atoms with van der Waals surface area (Å²) in [6, 6.07) is 5.74. The lowest BCUT2D eigenvalue weighted by Crippen LogP contribution is -2.62. The van der Waals surface area contributed by atoms with Crippen LogP contribution in [0.25, 0.3) is 16.8 Å². The van der Waals surface area contributed by atoms with Crippen LogP contribution in [-0.2, 0) is 0 Å². The number of piperidine rings is 1. The van der Waals surface area contributed by atoms with Gasteiger partial charge in [-0.15, -0.1) is 0 Å². The molecule has 0 unspecified atom stereocenters. The average molecular weight is 408 g/mol. The van der Waals surface area contributed by atoms with Crippen LogP contribution >= 0.6 is 0 Å². The second-order valence-corrected chi connectivity index (χ2v) is 9.45. The van der Waals surface area contributed by atoms with Crippen LogP contribution < -0.4 is 10.2 Å². The number of anilines is 1. The summed E-state index contributed by atoms with van der Waals surface area (Å²) in [4.78, 5) is 11.4. The molecule has 0 bridgehead atoms. The highest BCUT2D eigenvalue weighted by atomic mass is 16.3. The molecule has 1 saturated heterocycles. The fourth-order valence-electron chi connectivity index (χ4n) is 4.63. The summed E-state index contributed by atoms with van der Waals surface area (Å²) < 4.78 is 0. The largest absolute Gasteiger partial charge is 0.507 e. The van der Waals surface area contributed by atoms with Gasteiger partial charge in [0.2, 0.25) is 0 Å². The molecule has 1 fully saturated rings. The van der Waals surface area contributed by atoms with Crippen LogP contribution in [0, 0.1) is 5.41 Å². The second kappa shape index (κ2) is 8.19. The highest BCUT2D eigenvalue weighted by Crippen LogP contribution is 2.34. The number of nitrogens with zero attached hydrogens (tertiary/aromatic N) is 3. The molecule has 0 spiro atoms. The maximum Gasteiger partial charge on any atom is 0.147 e. The Morgan fingerprint density at radius 3 is 2.33 bits per heavy atom. The number of aromatic nitrogens is 2. The molecular weight excluding hydrogens is 374 g/mol. The predicted molar refractivity (Wildman–Crippen MR) is 124 cm³/mol. The molecule has 3 N–H and O–H groups in total. The van der Waals surface area contributed by atoms with E-state index >= 15 is 0 Å². The van der Waals surface area contributed by atoms with Crippen LogP contribution in [0.2, 0.25) is 0 Å². The summed E-state index contributed by atoms with van der Waals surface area (Å²) in [6.07, 6.45) is 8.67. The number of benzene rings is 1. The molecule has 0 radical (unpaired) electrons. The lowest BCUT2D eigenvalue weighted by Gasteiger charge is -2.49. The molecule has 6 nitrogen and oxygen atoms in total. The molecule has 0 aliphatic carbocycles. The minimum absolute atomic E-state index is 0.0594. The van der Waals surface area contributed by atoms with Crippen molar-refractivity contribution in [2.24, 2.45) is 0 Å². The van der Waals surface area contributed by atoms with Gasteiger partial charge in [-0.05, 0) is 70.7 Å². The average Bonchev–Trinajstić information content (AvgIpc) is 2.66. The molecule has 6 heteroatoms. The topological polar surface area (TPSA) is 85.1 Å². The van der Waals surface area contributed by atoms with Gasteiger partial charge in [-0.1, -0.05) is 12.1 Å². The fourth-order valence-corrected chi connectivity index (χ4v) is 4.63. The number of hydrogen-bond acceptors (Lipinski definition) is 6. The minimum atomic E-state index is 0.0594. The second-order valence-electron chi connectivity index (χ2n) is 9.45. The maximum atomic E-state index is 10.5. The van der Waals surface area contributed by atoms with Crippen molar-refractivity contribution < 1.29 is 5.11 Å². The highest BCUT2D eigenvalue weighted by Gasteiger charge is 2.39.